The average molecular weight is 215 g/mol. The summed E-state index contributed by atoms with van der Waals surface area (Å²) in [7, 11) is 0. The maximum Gasteiger partial charge on any atom is 0.120 e. The highest BCUT2D eigenvalue weighted by atomic mass is 16.3. The zero-order valence-electron chi connectivity index (χ0n) is 9.43. The quantitative estimate of drug-likeness (QED) is 0.654. The first kappa shape index (κ1) is 10.0. The molecule has 0 bridgehead atoms. The van der Waals surface area contributed by atoms with Crippen LogP contribution in [0.25, 0.3) is 0 Å². The second kappa shape index (κ2) is 4.00. The summed E-state index contributed by atoms with van der Waals surface area (Å²) in [5.74, 6) is 1.22. The van der Waals surface area contributed by atoms with E-state index in [1.807, 2.05) is 6.07 Å². The summed E-state index contributed by atoms with van der Waals surface area (Å²) < 4.78 is 0. The van der Waals surface area contributed by atoms with E-state index in [9.17, 15) is 4.91 Å². The average Bonchev–Trinajstić information content (AvgIpc) is 2.36. The van der Waals surface area contributed by atoms with Crippen molar-refractivity contribution in [2.75, 3.05) is 0 Å². The third kappa shape index (κ3) is 1.48. The highest BCUT2D eigenvalue weighted by molar-refractivity contribution is 5.34. The SMILES string of the molecule is O=NC1c2ccccc2CC2CCCCC21. The zero-order chi connectivity index (χ0) is 11.0. The third-order valence-corrected chi connectivity index (χ3v) is 4.34. The van der Waals surface area contributed by atoms with Crippen LogP contribution >= 0.6 is 0 Å². The number of benzene rings is 1. The summed E-state index contributed by atoms with van der Waals surface area (Å²) in [5.41, 5.74) is 2.55. The van der Waals surface area contributed by atoms with Crippen molar-refractivity contribution in [2.24, 2.45) is 17.0 Å². The lowest BCUT2D eigenvalue weighted by Crippen LogP contribution is -2.31. The largest absolute Gasteiger partial charge is 0.150 e. The molecule has 3 atom stereocenters. The second-order valence-corrected chi connectivity index (χ2v) is 5.16. The molecular formula is C14H17NO. The van der Waals surface area contributed by atoms with Gasteiger partial charge in [-0.2, -0.15) is 4.91 Å². The molecule has 84 valence electrons. The van der Waals surface area contributed by atoms with Crippen LogP contribution in [0.4, 0.5) is 0 Å². The van der Waals surface area contributed by atoms with E-state index in [0.29, 0.717) is 11.8 Å². The Bertz CT molecular complexity index is 401. The molecular weight excluding hydrogens is 198 g/mol. The number of hydrogen-bond acceptors (Lipinski definition) is 2. The van der Waals surface area contributed by atoms with Crippen molar-refractivity contribution in [3.8, 4) is 0 Å². The Morgan fingerprint density at radius 3 is 2.81 bits per heavy atom. The van der Waals surface area contributed by atoms with E-state index in [4.69, 9.17) is 0 Å². The molecule has 2 aliphatic carbocycles. The molecule has 2 nitrogen and oxygen atoms in total. The number of fused-ring (bicyclic) bond motifs is 2. The van der Waals surface area contributed by atoms with E-state index in [2.05, 4.69) is 23.4 Å². The van der Waals surface area contributed by atoms with Gasteiger partial charge in [0.15, 0.2) is 0 Å². The van der Waals surface area contributed by atoms with Crippen LogP contribution in [0.15, 0.2) is 29.4 Å². The van der Waals surface area contributed by atoms with Crippen LogP contribution in [0, 0.1) is 16.7 Å². The van der Waals surface area contributed by atoms with Crippen LogP contribution in [0.5, 0.6) is 0 Å². The molecule has 0 aliphatic heterocycles. The van der Waals surface area contributed by atoms with Crippen molar-refractivity contribution in [3.05, 3.63) is 40.3 Å². The molecule has 0 aromatic heterocycles. The normalized spacial score (nSPS) is 32.6. The van der Waals surface area contributed by atoms with Gasteiger partial charge in [0.05, 0.1) is 0 Å². The summed E-state index contributed by atoms with van der Waals surface area (Å²) in [6, 6.07) is 8.28. The fraction of sp³-hybridized carbons (Fsp3) is 0.571. The summed E-state index contributed by atoms with van der Waals surface area (Å²) in [6.45, 7) is 0. The van der Waals surface area contributed by atoms with Crippen LogP contribution in [-0.4, -0.2) is 0 Å². The Kier molecular flexibility index (Phi) is 2.50. The molecule has 0 amide bonds. The first-order chi connectivity index (χ1) is 7.90. The molecule has 1 fully saturated rings. The molecule has 2 aliphatic rings. The Labute approximate surface area is 96.0 Å². The topological polar surface area (TPSA) is 29.4 Å². The van der Waals surface area contributed by atoms with Gasteiger partial charge in [0, 0.05) is 0 Å². The maximum absolute atomic E-state index is 11.1. The van der Waals surface area contributed by atoms with E-state index < -0.39 is 0 Å². The molecule has 0 heterocycles. The summed E-state index contributed by atoms with van der Waals surface area (Å²) >= 11 is 0. The van der Waals surface area contributed by atoms with Crippen LogP contribution < -0.4 is 0 Å². The van der Waals surface area contributed by atoms with E-state index in [1.165, 1.54) is 36.8 Å². The fourth-order valence-corrected chi connectivity index (χ4v) is 3.56. The zero-order valence-corrected chi connectivity index (χ0v) is 9.43. The lowest BCUT2D eigenvalue weighted by Gasteiger charge is -2.39. The van der Waals surface area contributed by atoms with Gasteiger partial charge in [-0.1, -0.05) is 42.3 Å². The first-order valence-corrected chi connectivity index (χ1v) is 6.30. The lowest BCUT2D eigenvalue weighted by atomic mass is 9.66. The Hall–Kier alpha value is -1.18. The molecule has 1 aromatic rings. The number of hydrogen-bond donors (Lipinski definition) is 0. The summed E-state index contributed by atoms with van der Waals surface area (Å²) in [4.78, 5) is 11.1. The fourth-order valence-electron chi connectivity index (χ4n) is 3.56. The molecule has 3 unspecified atom stereocenters. The Morgan fingerprint density at radius 2 is 1.94 bits per heavy atom. The molecule has 0 radical (unpaired) electrons. The molecule has 1 saturated carbocycles. The van der Waals surface area contributed by atoms with Crippen molar-refractivity contribution in [3.63, 3.8) is 0 Å². The van der Waals surface area contributed by atoms with Gasteiger partial charge >= 0.3 is 0 Å². The van der Waals surface area contributed by atoms with E-state index in [1.54, 1.807) is 0 Å². The van der Waals surface area contributed by atoms with Crippen molar-refractivity contribution >= 4 is 0 Å². The molecule has 0 spiro atoms. The first-order valence-electron chi connectivity index (χ1n) is 6.30. The Morgan fingerprint density at radius 1 is 1.12 bits per heavy atom. The van der Waals surface area contributed by atoms with Crippen molar-refractivity contribution in [1.29, 1.82) is 0 Å². The van der Waals surface area contributed by atoms with Crippen molar-refractivity contribution in [1.82, 2.24) is 0 Å². The molecule has 16 heavy (non-hydrogen) atoms. The van der Waals surface area contributed by atoms with Gasteiger partial charge in [-0.25, -0.2) is 0 Å². The Balaban J connectivity index is 2.02. The lowest BCUT2D eigenvalue weighted by molar-refractivity contribution is 0.186. The van der Waals surface area contributed by atoms with Crippen LogP contribution in [0.1, 0.15) is 42.9 Å². The van der Waals surface area contributed by atoms with Crippen molar-refractivity contribution < 1.29 is 0 Å². The highest BCUT2D eigenvalue weighted by Crippen LogP contribution is 2.47. The van der Waals surface area contributed by atoms with Crippen molar-refractivity contribution in [2.45, 2.75) is 38.1 Å². The van der Waals surface area contributed by atoms with Gasteiger partial charge in [0.1, 0.15) is 6.04 Å². The van der Waals surface area contributed by atoms with Crippen LogP contribution in [0.2, 0.25) is 0 Å². The molecule has 1 aromatic carbocycles. The smallest absolute Gasteiger partial charge is 0.120 e. The van der Waals surface area contributed by atoms with Gasteiger partial charge in [0.2, 0.25) is 0 Å². The standard InChI is InChI=1S/C14H17NO/c16-15-14-12-7-3-1-5-10(12)9-11-6-2-4-8-13(11)14/h1,3,5,7,11,13-14H,2,4,6,8-9H2. The molecule has 0 N–H and O–H groups in total. The molecule has 0 saturated heterocycles. The van der Waals surface area contributed by atoms with E-state index >= 15 is 0 Å². The van der Waals surface area contributed by atoms with E-state index in [0.717, 1.165) is 6.42 Å². The van der Waals surface area contributed by atoms with Gasteiger partial charge in [-0.05, 0) is 42.2 Å². The number of nitroso groups, excluding NO2 is 1. The summed E-state index contributed by atoms with van der Waals surface area (Å²) in [6.07, 6.45) is 6.23. The third-order valence-electron chi connectivity index (χ3n) is 4.34. The van der Waals surface area contributed by atoms with Crippen LogP contribution in [-0.2, 0) is 6.42 Å². The predicted octanol–water partition coefficient (Wildman–Crippen LogP) is 3.86. The summed E-state index contributed by atoms with van der Waals surface area (Å²) in [5, 5.41) is 3.42. The van der Waals surface area contributed by atoms with Gasteiger partial charge in [-0.3, -0.25) is 0 Å². The second-order valence-electron chi connectivity index (χ2n) is 5.16. The number of nitrogens with zero attached hydrogens (tertiary/aromatic N) is 1. The highest BCUT2D eigenvalue weighted by Gasteiger charge is 2.38. The minimum absolute atomic E-state index is 0.0738. The molecule has 3 rings (SSSR count). The maximum atomic E-state index is 11.1. The van der Waals surface area contributed by atoms with Gasteiger partial charge in [-0.15, -0.1) is 0 Å². The van der Waals surface area contributed by atoms with E-state index in [-0.39, 0.29) is 6.04 Å². The van der Waals surface area contributed by atoms with Gasteiger partial charge in [0.25, 0.3) is 0 Å². The number of rotatable bonds is 1. The van der Waals surface area contributed by atoms with Crippen LogP contribution in [0.3, 0.4) is 0 Å². The minimum atomic E-state index is -0.0738. The predicted molar refractivity (Wildman–Crippen MR) is 64.1 cm³/mol. The monoisotopic (exact) mass is 215 g/mol. The van der Waals surface area contributed by atoms with Gasteiger partial charge < -0.3 is 0 Å². The minimum Gasteiger partial charge on any atom is -0.150 e. The molecule has 2 heteroatoms.